The molecule has 7 nitrogen and oxygen atoms in total. The fourth-order valence-corrected chi connectivity index (χ4v) is 5.36. The number of rotatable bonds is 5. The van der Waals surface area contributed by atoms with Crippen molar-refractivity contribution < 1.29 is 13.3 Å². The van der Waals surface area contributed by atoms with Crippen molar-refractivity contribution in [2.24, 2.45) is 0 Å². The van der Waals surface area contributed by atoms with Gasteiger partial charge in [-0.15, -0.1) is 0 Å². The molecule has 1 aliphatic heterocycles. The Morgan fingerprint density at radius 2 is 1.89 bits per heavy atom. The van der Waals surface area contributed by atoms with Crippen LogP contribution in [0.1, 0.15) is 12.5 Å². The summed E-state index contributed by atoms with van der Waals surface area (Å²) in [6.07, 6.45) is 0. The van der Waals surface area contributed by atoms with Gasteiger partial charge in [-0.2, -0.15) is 4.31 Å². The lowest BCUT2D eigenvalue weighted by Gasteiger charge is -2.40. The Hall–Kier alpha value is -2.16. The number of anilines is 1. The van der Waals surface area contributed by atoms with E-state index >= 15 is 0 Å². The Kier molecular flexibility index (Phi) is 5.69. The van der Waals surface area contributed by atoms with Gasteiger partial charge in [-0.05, 0) is 18.6 Å². The maximum absolute atomic E-state index is 12.8. The molecule has 0 radical (unpaired) electrons. The highest BCUT2D eigenvalue weighted by molar-refractivity contribution is 7.88. The molecule has 2 aromatic carbocycles. The van der Waals surface area contributed by atoms with Crippen LogP contribution in [0.15, 0.2) is 48.5 Å². The number of sulfonamides is 1. The number of piperazine rings is 1. The van der Waals surface area contributed by atoms with Crippen molar-refractivity contribution in [3.8, 4) is 0 Å². The summed E-state index contributed by atoms with van der Waals surface area (Å²) < 4.78 is 27.1. The SMILES string of the molecule is C[C@H]1CN(c2ccc([N+](=O)[O-])cc2Cl)CCN1S(=O)(=O)Cc1ccccc1. The van der Waals surface area contributed by atoms with E-state index in [0.29, 0.717) is 25.3 Å². The van der Waals surface area contributed by atoms with Gasteiger partial charge < -0.3 is 4.90 Å². The summed E-state index contributed by atoms with van der Waals surface area (Å²) in [4.78, 5) is 12.3. The standard InChI is InChI=1S/C18H20ClN3O4S/c1-14-12-20(18-8-7-16(22(23)24)11-17(18)19)9-10-21(14)27(25,26)13-15-5-3-2-4-6-15/h2-8,11,14H,9-10,12-13H2,1H3/t14-/m0/s1. The van der Waals surface area contributed by atoms with Gasteiger partial charge >= 0.3 is 0 Å². The monoisotopic (exact) mass is 409 g/mol. The fraction of sp³-hybridized carbons (Fsp3) is 0.333. The number of benzene rings is 2. The number of halogens is 1. The number of nitro groups is 1. The normalized spacial score (nSPS) is 18.4. The van der Waals surface area contributed by atoms with E-state index in [2.05, 4.69) is 0 Å². The Morgan fingerprint density at radius 3 is 2.48 bits per heavy atom. The van der Waals surface area contributed by atoms with Gasteiger partial charge in [-0.25, -0.2) is 8.42 Å². The number of nitro benzene ring substituents is 1. The Morgan fingerprint density at radius 1 is 1.19 bits per heavy atom. The minimum atomic E-state index is -3.43. The van der Waals surface area contributed by atoms with Crippen LogP contribution in [-0.2, 0) is 15.8 Å². The van der Waals surface area contributed by atoms with Gasteiger partial charge in [0.1, 0.15) is 0 Å². The predicted molar refractivity (Wildman–Crippen MR) is 106 cm³/mol. The molecule has 9 heteroatoms. The van der Waals surface area contributed by atoms with Crippen molar-refractivity contribution in [3.05, 3.63) is 69.2 Å². The lowest BCUT2D eigenvalue weighted by molar-refractivity contribution is -0.384. The van der Waals surface area contributed by atoms with E-state index in [9.17, 15) is 18.5 Å². The second-order valence-corrected chi connectivity index (χ2v) is 8.87. The van der Waals surface area contributed by atoms with Crippen molar-refractivity contribution in [2.45, 2.75) is 18.7 Å². The van der Waals surface area contributed by atoms with Gasteiger partial charge in [-0.3, -0.25) is 10.1 Å². The van der Waals surface area contributed by atoms with Crippen molar-refractivity contribution in [1.29, 1.82) is 0 Å². The first kappa shape index (κ1) is 19.6. The summed E-state index contributed by atoms with van der Waals surface area (Å²) in [5.74, 6) is -0.0313. The van der Waals surface area contributed by atoms with Crippen LogP contribution in [0, 0.1) is 10.1 Å². The highest BCUT2D eigenvalue weighted by Gasteiger charge is 2.33. The van der Waals surface area contributed by atoms with Crippen LogP contribution < -0.4 is 4.90 Å². The summed E-state index contributed by atoms with van der Waals surface area (Å²) in [7, 11) is -3.43. The van der Waals surface area contributed by atoms with Crippen molar-refractivity contribution in [2.75, 3.05) is 24.5 Å². The molecular formula is C18H20ClN3O4S. The summed E-state index contributed by atoms with van der Waals surface area (Å²) in [5, 5.41) is 11.1. The lowest BCUT2D eigenvalue weighted by Crippen LogP contribution is -2.54. The molecule has 0 aromatic heterocycles. The molecule has 0 spiro atoms. The van der Waals surface area contributed by atoms with Crippen LogP contribution in [0.25, 0.3) is 0 Å². The molecule has 0 N–H and O–H groups in total. The van der Waals surface area contributed by atoms with Gasteiger partial charge in [0.15, 0.2) is 0 Å². The smallest absolute Gasteiger partial charge is 0.271 e. The topological polar surface area (TPSA) is 83.8 Å². The lowest BCUT2D eigenvalue weighted by atomic mass is 10.2. The van der Waals surface area contributed by atoms with Crippen molar-refractivity contribution >= 4 is 33.0 Å². The predicted octanol–water partition coefficient (Wildman–Crippen LogP) is 3.29. The average Bonchev–Trinajstić information content (AvgIpc) is 2.61. The van der Waals surface area contributed by atoms with E-state index in [0.717, 1.165) is 5.56 Å². The Labute approximate surface area is 163 Å². The number of hydrogen-bond donors (Lipinski definition) is 0. The molecule has 1 fully saturated rings. The number of nitrogens with zero attached hydrogens (tertiary/aromatic N) is 3. The van der Waals surface area contributed by atoms with Crippen LogP contribution in [0.2, 0.25) is 5.02 Å². The maximum atomic E-state index is 12.8. The third kappa shape index (κ3) is 4.40. The van der Waals surface area contributed by atoms with Gasteiger partial charge in [0.05, 0.1) is 21.4 Å². The van der Waals surface area contributed by atoms with Crippen LogP contribution in [0.4, 0.5) is 11.4 Å². The molecule has 1 heterocycles. The molecular weight excluding hydrogens is 390 g/mol. The quantitative estimate of drug-likeness (QED) is 0.558. The second kappa shape index (κ2) is 7.84. The average molecular weight is 410 g/mol. The summed E-state index contributed by atoms with van der Waals surface area (Å²) in [5.41, 5.74) is 1.36. The highest BCUT2D eigenvalue weighted by atomic mass is 35.5. The molecule has 3 rings (SSSR count). The molecule has 144 valence electrons. The molecule has 2 aromatic rings. The molecule has 0 aliphatic carbocycles. The zero-order valence-electron chi connectivity index (χ0n) is 14.8. The van der Waals surface area contributed by atoms with Crippen LogP contribution in [-0.4, -0.2) is 43.3 Å². The van der Waals surface area contributed by atoms with E-state index in [-0.39, 0.29) is 22.5 Å². The van der Waals surface area contributed by atoms with Crippen LogP contribution in [0.3, 0.4) is 0 Å². The van der Waals surface area contributed by atoms with Crippen molar-refractivity contribution in [1.82, 2.24) is 4.31 Å². The van der Waals surface area contributed by atoms with Crippen LogP contribution >= 0.6 is 11.6 Å². The van der Waals surface area contributed by atoms with Gasteiger partial charge in [-0.1, -0.05) is 41.9 Å². The first-order chi connectivity index (χ1) is 12.8. The highest BCUT2D eigenvalue weighted by Crippen LogP contribution is 2.31. The third-order valence-corrected chi connectivity index (χ3v) is 6.86. The molecule has 1 aliphatic rings. The Bertz CT molecular complexity index is 937. The van der Waals surface area contributed by atoms with E-state index in [1.807, 2.05) is 30.0 Å². The molecule has 0 amide bonds. The number of hydrogen-bond acceptors (Lipinski definition) is 5. The van der Waals surface area contributed by atoms with Gasteiger partial charge in [0.2, 0.25) is 10.0 Å². The third-order valence-electron chi connectivity index (χ3n) is 4.60. The first-order valence-electron chi connectivity index (χ1n) is 8.50. The molecule has 1 saturated heterocycles. The number of non-ortho nitro benzene ring substituents is 1. The zero-order chi connectivity index (χ0) is 19.6. The summed E-state index contributed by atoms with van der Waals surface area (Å²) >= 11 is 6.21. The summed E-state index contributed by atoms with van der Waals surface area (Å²) in [6.45, 7) is 3.12. The van der Waals surface area contributed by atoms with Gasteiger partial charge in [0.25, 0.3) is 5.69 Å². The molecule has 27 heavy (non-hydrogen) atoms. The van der Waals surface area contributed by atoms with E-state index in [4.69, 9.17) is 11.6 Å². The summed E-state index contributed by atoms with van der Waals surface area (Å²) in [6, 6.07) is 13.2. The zero-order valence-corrected chi connectivity index (χ0v) is 16.4. The molecule has 0 bridgehead atoms. The van der Waals surface area contributed by atoms with E-state index in [1.165, 1.54) is 16.4 Å². The van der Waals surface area contributed by atoms with Crippen molar-refractivity contribution in [3.63, 3.8) is 0 Å². The first-order valence-corrected chi connectivity index (χ1v) is 10.5. The maximum Gasteiger partial charge on any atom is 0.271 e. The minimum absolute atomic E-state index is 0.0313. The van der Waals surface area contributed by atoms with Gasteiger partial charge in [0, 0.05) is 37.8 Å². The fourth-order valence-electron chi connectivity index (χ4n) is 3.31. The van der Waals surface area contributed by atoms with E-state index < -0.39 is 14.9 Å². The largest absolute Gasteiger partial charge is 0.367 e. The molecule has 1 atom stereocenters. The Balaban J connectivity index is 1.73. The minimum Gasteiger partial charge on any atom is -0.367 e. The molecule has 0 unspecified atom stereocenters. The van der Waals surface area contributed by atoms with E-state index in [1.54, 1.807) is 18.2 Å². The van der Waals surface area contributed by atoms with Crippen LogP contribution in [0.5, 0.6) is 0 Å². The second-order valence-electron chi connectivity index (χ2n) is 6.54. The molecule has 0 saturated carbocycles.